The minimum atomic E-state index is 0. The van der Waals surface area contributed by atoms with Gasteiger partial charge in [0.1, 0.15) is 0 Å². The molecule has 0 aliphatic carbocycles. The van der Waals surface area contributed by atoms with Crippen LogP contribution in [0.2, 0.25) is 13.1 Å². The molecule has 0 N–H and O–H groups in total. The SMILES string of the molecule is C[Si](C)=[Ti+2].Cc1cc(-c2cc3ccccc3[cH-]2)c2ccccc2c1.Cc1cc2c(-c3ccccc3)cccc2[cH-]1.[Cl-].[Cl-]. The van der Waals surface area contributed by atoms with Crippen LogP contribution in [0.15, 0.2) is 133 Å². The molecular weight excluding hydrogens is 603 g/mol. The third-order valence-electron chi connectivity index (χ3n) is 6.91. The van der Waals surface area contributed by atoms with Crippen molar-refractivity contribution in [2.45, 2.75) is 26.9 Å². The Morgan fingerprint density at radius 2 is 1.17 bits per heavy atom. The average Bonchev–Trinajstić information content (AvgIpc) is 3.56. The van der Waals surface area contributed by atoms with Gasteiger partial charge in [0.25, 0.3) is 0 Å². The van der Waals surface area contributed by atoms with Gasteiger partial charge in [-0.1, -0.05) is 115 Å². The van der Waals surface area contributed by atoms with Gasteiger partial charge >= 0.3 is 38.5 Å². The molecule has 0 fully saturated rings. The Kier molecular flexibility index (Phi) is 12.4. The van der Waals surface area contributed by atoms with Crippen LogP contribution in [-0.4, -0.2) is 6.19 Å². The molecule has 0 aliphatic heterocycles. The van der Waals surface area contributed by atoms with Crippen LogP contribution >= 0.6 is 0 Å². The van der Waals surface area contributed by atoms with E-state index in [2.05, 4.69) is 180 Å². The zero-order valence-corrected chi connectivity index (χ0v) is 28.5. The van der Waals surface area contributed by atoms with Crippen molar-refractivity contribution in [1.29, 1.82) is 0 Å². The fourth-order valence-electron chi connectivity index (χ4n) is 5.26. The zero-order chi connectivity index (χ0) is 28.1. The van der Waals surface area contributed by atoms with Gasteiger partial charge in [0.2, 0.25) is 0 Å². The minimum absolute atomic E-state index is 0. The molecule has 0 aliphatic rings. The molecule has 0 saturated carbocycles. The molecule has 0 amide bonds. The van der Waals surface area contributed by atoms with Crippen LogP contribution in [0.4, 0.5) is 0 Å². The van der Waals surface area contributed by atoms with Gasteiger partial charge in [-0.3, -0.25) is 0 Å². The largest absolute Gasteiger partial charge is 1.00 e. The standard InChI is InChI=1S/C20H15.C16H13.C2H6Si.2ClH.Ti/c1-14-10-17-8-4-5-9-19(17)20(11-14)18-12-15-6-2-3-7-16(15)13-18;1-12-10-14-8-5-9-15(16(14)11-12)13-6-3-2-4-7-13;1-3-2;;;/h2-13H,1H3;2-11H,1H3;1-2H3;2*1H;/q2*-1;;;;+2/p-2. The summed E-state index contributed by atoms with van der Waals surface area (Å²) in [5, 5.41) is 7.95. The van der Waals surface area contributed by atoms with Crippen LogP contribution in [0.25, 0.3) is 54.6 Å². The van der Waals surface area contributed by atoms with E-state index in [0.717, 1.165) is 0 Å². The molecule has 7 aromatic rings. The first-order valence-corrected chi connectivity index (χ1v) is 18.6. The maximum atomic E-state index is 2.29. The van der Waals surface area contributed by atoms with E-state index in [-0.39, 0.29) is 31.0 Å². The average molecular weight is 638 g/mol. The monoisotopic (exact) mass is 636 g/mol. The molecular formula is C38H34Cl2SiTi-2. The Labute approximate surface area is 274 Å². The number of halogens is 2. The smallest absolute Gasteiger partial charge is 0.0250 e. The summed E-state index contributed by atoms with van der Waals surface area (Å²) in [6, 6.07) is 47.8. The van der Waals surface area contributed by atoms with Crippen molar-refractivity contribution in [3.63, 3.8) is 0 Å². The normalized spacial score (nSPS) is 10.1. The first kappa shape index (κ1) is 33.6. The molecule has 0 heterocycles. The number of fused-ring (bicyclic) bond motifs is 3. The molecule has 4 heteroatoms. The number of hydrogen-bond acceptors (Lipinski definition) is 0. The summed E-state index contributed by atoms with van der Waals surface area (Å²) < 4.78 is 0. The van der Waals surface area contributed by atoms with Crippen molar-refractivity contribution in [3.05, 3.63) is 145 Å². The number of hydrogen-bond donors (Lipinski definition) is 0. The molecule has 0 atom stereocenters. The van der Waals surface area contributed by atoms with E-state index in [1.807, 2.05) is 0 Å². The summed E-state index contributed by atoms with van der Waals surface area (Å²) in [4.78, 5) is 0. The molecule has 210 valence electrons. The molecule has 42 heavy (non-hydrogen) atoms. The predicted octanol–water partition coefficient (Wildman–Crippen LogP) is 5.01. The Bertz CT molecular complexity index is 1880. The first-order valence-electron chi connectivity index (χ1n) is 13.8. The Morgan fingerprint density at radius 1 is 0.548 bits per heavy atom. The Balaban J connectivity index is 0.000000200. The van der Waals surface area contributed by atoms with Gasteiger partial charge in [0, 0.05) is 0 Å². The van der Waals surface area contributed by atoms with E-state index in [1.165, 1.54) is 65.7 Å². The first-order chi connectivity index (χ1) is 19.4. The van der Waals surface area contributed by atoms with Gasteiger partial charge in [0.15, 0.2) is 0 Å². The van der Waals surface area contributed by atoms with Crippen LogP contribution in [-0.2, 0) is 19.2 Å². The number of aryl methyl sites for hydroxylation is 2. The summed E-state index contributed by atoms with van der Waals surface area (Å²) in [6.07, 6.45) is 0.120. The second-order valence-corrected chi connectivity index (χ2v) is 17.3. The molecule has 0 nitrogen and oxygen atoms in total. The molecule has 0 bridgehead atoms. The van der Waals surface area contributed by atoms with E-state index in [1.54, 1.807) is 0 Å². The van der Waals surface area contributed by atoms with Crippen molar-refractivity contribution in [2.75, 3.05) is 0 Å². The third-order valence-corrected chi connectivity index (χ3v) is 6.91. The van der Waals surface area contributed by atoms with Crippen molar-refractivity contribution in [2.24, 2.45) is 0 Å². The summed E-state index contributed by atoms with van der Waals surface area (Å²) >= 11 is 2.27. The topological polar surface area (TPSA) is 0 Å². The molecule has 0 radical (unpaired) electrons. The van der Waals surface area contributed by atoms with E-state index in [9.17, 15) is 0 Å². The van der Waals surface area contributed by atoms with Gasteiger partial charge in [0.05, 0.1) is 0 Å². The molecule has 7 rings (SSSR count). The van der Waals surface area contributed by atoms with Crippen molar-refractivity contribution in [3.8, 4) is 22.3 Å². The molecule has 0 spiro atoms. The van der Waals surface area contributed by atoms with Gasteiger partial charge in [-0.2, -0.15) is 6.07 Å². The fraction of sp³-hybridized carbons (Fsp3) is 0.105. The van der Waals surface area contributed by atoms with Crippen LogP contribution in [0.1, 0.15) is 11.1 Å². The quantitative estimate of drug-likeness (QED) is 0.185. The maximum absolute atomic E-state index is 2.29. The van der Waals surface area contributed by atoms with Crippen LogP contribution < -0.4 is 24.8 Å². The van der Waals surface area contributed by atoms with Crippen molar-refractivity contribution in [1.82, 2.24) is 0 Å². The summed E-state index contributed by atoms with van der Waals surface area (Å²) in [5.74, 6) is 0. The van der Waals surface area contributed by atoms with Gasteiger partial charge in [-0.05, 0) is 23.3 Å². The molecule has 0 saturated heterocycles. The van der Waals surface area contributed by atoms with E-state index < -0.39 is 0 Å². The maximum Gasteiger partial charge on any atom is -0.0250 e. The summed E-state index contributed by atoms with van der Waals surface area (Å²) in [5.41, 5.74) is 7.90. The second-order valence-electron chi connectivity index (χ2n) is 10.6. The summed E-state index contributed by atoms with van der Waals surface area (Å²) in [6.45, 7) is 8.85. The van der Waals surface area contributed by atoms with Crippen LogP contribution in [0.3, 0.4) is 0 Å². The second kappa shape index (κ2) is 15.5. The minimum Gasteiger partial charge on any atom is -1.00 e. The molecule has 7 aromatic carbocycles. The predicted molar refractivity (Wildman–Crippen MR) is 174 cm³/mol. The molecule has 0 aromatic heterocycles. The zero-order valence-electron chi connectivity index (χ0n) is 24.5. The Hall–Kier alpha value is -2.91. The van der Waals surface area contributed by atoms with E-state index in [0.29, 0.717) is 0 Å². The van der Waals surface area contributed by atoms with Gasteiger partial charge < -0.3 is 24.8 Å². The van der Waals surface area contributed by atoms with E-state index >= 15 is 0 Å². The summed E-state index contributed by atoms with van der Waals surface area (Å²) in [7, 11) is 0. The van der Waals surface area contributed by atoms with E-state index in [4.69, 9.17) is 0 Å². The fourth-order valence-corrected chi connectivity index (χ4v) is 5.26. The van der Waals surface area contributed by atoms with Crippen molar-refractivity contribution < 1.29 is 44.0 Å². The number of benzene rings is 5. The van der Waals surface area contributed by atoms with Gasteiger partial charge in [-0.25, -0.2) is 0 Å². The Morgan fingerprint density at radius 3 is 1.88 bits per heavy atom. The van der Waals surface area contributed by atoms with Gasteiger partial charge in [-0.15, -0.1) is 69.1 Å². The number of rotatable bonds is 2. The third kappa shape index (κ3) is 8.13. The van der Waals surface area contributed by atoms with Crippen LogP contribution in [0.5, 0.6) is 0 Å². The molecule has 0 unspecified atom stereocenters. The van der Waals surface area contributed by atoms with Crippen molar-refractivity contribution >= 4 is 38.5 Å². The van der Waals surface area contributed by atoms with Crippen LogP contribution in [0, 0.1) is 13.8 Å².